The third kappa shape index (κ3) is 11.9. The highest BCUT2D eigenvalue weighted by atomic mass is 35.6. The Hall–Kier alpha value is 1.08. The maximum absolute atomic E-state index is 5.67. The summed E-state index contributed by atoms with van der Waals surface area (Å²) in [5.74, 6) is 0. The maximum Gasteiger partial charge on any atom is 0.195 e. The standard InChI is InChI=1S/C9H12Cl6N2/c1-3-7(5-9(13,14)15)17-16-6(2)4-8(10,11)12/h3-5H2,1-2H3/b16-6+,17-7-. The topological polar surface area (TPSA) is 24.7 Å². The Morgan fingerprint density at radius 3 is 1.71 bits per heavy atom. The first-order chi connectivity index (χ1) is 7.53. The van der Waals surface area contributed by atoms with Crippen LogP contribution in [-0.4, -0.2) is 19.0 Å². The predicted molar refractivity (Wildman–Crippen MR) is 80.6 cm³/mol. The molecule has 0 rings (SSSR count). The Bertz CT molecular complexity index is 300. The fourth-order valence-electron chi connectivity index (χ4n) is 0.944. The normalized spacial score (nSPS) is 15.3. The largest absolute Gasteiger partial charge is 0.195 e. The van der Waals surface area contributed by atoms with Crippen LogP contribution < -0.4 is 0 Å². The quantitative estimate of drug-likeness (QED) is 0.347. The Labute approximate surface area is 131 Å². The second-order valence-corrected chi connectivity index (χ2v) is 8.47. The first-order valence-electron chi connectivity index (χ1n) is 4.76. The van der Waals surface area contributed by atoms with Crippen molar-refractivity contribution < 1.29 is 0 Å². The molecule has 0 saturated carbocycles. The summed E-state index contributed by atoms with van der Waals surface area (Å²) in [7, 11) is 0. The van der Waals surface area contributed by atoms with Crippen molar-refractivity contribution in [3.8, 4) is 0 Å². The summed E-state index contributed by atoms with van der Waals surface area (Å²) in [6, 6.07) is 0. The van der Waals surface area contributed by atoms with Crippen molar-refractivity contribution in [3.63, 3.8) is 0 Å². The second-order valence-electron chi connectivity index (χ2n) is 3.44. The van der Waals surface area contributed by atoms with Crippen molar-refractivity contribution in [1.82, 2.24) is 0 Å². The van der Waals surface area contributed by atoms with Crippen LogP contribution in [0, 0.1) is 0 Å². The van der Waals surface area contributed by atoms with E-state index in [-0.39, 0.29) is 12.8 Å². The molecule has 0 aromatic carbocycles. The number of hydrogen-bond donors (Lipinski definition) is 0. The van der Waals surface area contributed by atoms with Crippen LogP contribution in [0.2, 0.25) is 0 Å². The van der Waals surface area contributed by atoms with E-state index in [4.69, 9.17) is 69.6 Å². The van der Waals surface area contributed by atoms with Crippen molar-refractivity contribution in [2.75, 3.05) is 0 Å². The van der Waals surface area contributed by atoms with E-state index in [2.05, 4.69) is 10.2 Å². The van der Waals surface area contributed by atoms with Crippen LogP contribution in [0.5, 0.6) is 0 Å². The molecule has 0 aliphatic carbocycles. The van der Waals surface area contributed by atoms with Crippen molar-refractivity contribution in [2.45, 2.75) is 40.7 Å². The molecule has 0 amide bonds. The summed E-state index contributed by atoms with van der Waals surface area (Å²) < 4.78 is -2.74. The van der Waals surface area contributed by atoms with E-state index in [1.54, 1.807) is 6.92 Å². The average Bonchev–Trinajstić information content (AvgIpc) is 2.07. The van der Waals surface area contributed by atoms with Crippen LogP contribution in [0.4, 0.5) is 0 Å². The molecular formula is C9H12Cl6N2. The summed E-state index contributed by atoms with van der Waals surface area (Å²) in [6.07, 6.45) is 1.06. The Kier molecular flexibility index (Phi) is 8.10. The lowest BCUT2D eigenvalue weighted by atomic mass is 10.2. The molecule has 0 fully saturated rings. The van der Waals surface area contributed by atoms with Gasteiger partial charge < -0.3 is 0 Å². The molecule has 0 aromatic heterocycles. The lowest BCUT2D eigenvalue weighted by molar-refractivity contribution is 1.02. The molecule has 0 atom stereocenters. The number of alkyl halides is 6. The first-order valence-corrected chi connectivity index (χ1v) is 7.02. The fourth-order valence-corrected chi connectivity index (χ4v) is 1.99. The second kappa shape index (κ2) is 7.62. The van der Waals surface area contributed by atoms with Gasteiger partial charge in [0.05, 0.1) is 0 Å². The van der Waals surface area contributed by atoms with E-state index in [0.29, 0.717) is 17.8 Å². The Balaban J connectivity index is 4.59. The monoisotopic (exact) mass is 358 g/mol. The number of halogens is 6. The van der Waals surface area contributed by atoms with Gasteiger partial charge in [-0.1, -0.05) is 76.5 Å². The zero-order chi connectivity index (χ0) is 13.7. The zero-order valence-electron chi connectivity index (χ0n) is 9.28. The molecule has 0 aliphatic heterocycles. The minimum atomic E-state index is -1.37. The zero-order valence-corrected chi connectivity index (χ0v) is 13.8. The van der Waals surface area contributed by atoms with Crippen molar-refractivity contribution in [2.24, 2.45) is 10.2 Å². The molecular weight excluding hydrogens is 349 g/mol. The molecule has 0 bridgehead atoms. The summed E-state index contributed by atoms with van der Waals surface area (Å²) in [5.41, 5.74) is 1.27. The lowest BCUT2D eigenvalue weighted by Crippen LogP contribution is -2.11. The van der Waals surface area contributed by atoms with E-state index in [1.165, 1.54) is 0 Å². The van der Waals surface area contributed by atoms with Crippen LogP contribution >= 0.6 is 69.6 Å². The third-order valence-electron chi connectivity index (χ3n) is 1.63. The van der Waals surface area contributed by atoms with E-state index in [1.807, 2.05) is 6.92 Å². The Morgan fingerprint density at radius 1 is 0.882 bits per heavy atom. The van der Waals surface area contributed by atoms with Gasteiger partial charge in [-0.3, -0.25) is 0 Å². The molecule has 0 radical (unpaired) electrons. The van der Waals surface area contributed by atoms with E-state index >= 15 is 0 Å². The maximum atomic E-state index is 5.67. The molecule has 17 heavy (non-hydrogen) atoms. The van der Waals surface area contributed by atoms with Gasteiger partial charge >= 0.3 is 0 Å². The van der Waals surface area contributed by atoms with Gasteiger partial charge in [-0.2, -0.15) is 10.2 Å². The first kappa shape index (κ1) is 18.1. The minimum Gasteiger partial charge on any atom is -0.160 e. The highest BCUT2D eigenvalue weighted by molar-refractivity contribution is 6.68. The highest BCUT2D eigenvalue weighted by Crippen LogP contribution is 2.31. The fraction of sp³-hybridized carbons (Fsp3) is 0.778. The number of hydrogen-bond acceptors (Lipinski definition) is 2. The van der Waals surface area contributed by atoms with Crippen molar-refractivity contribution >= 4 is 81.0 Å². The van der Waals surface area contributed by atoms with Gasteiger partial charge in [-0.05, 0) is 13.3 Å². The molecule has 0 unspecified atom stereocenters. The van der Waals surface area contributed by atoms with Crippen molar-refractivity contribution in [3.05, 3.63) is 0 Å². The summed E-state index contributed by atoms with van der Waals surface area (Å²) in [4.78, 5) is 0. The van der Waals surface area contributed by atoms with E-state index in [9.17, 15) is 0 Å². The predicted octanol–water partition coefficient (Wildman–Crippen LogP) is 5.73. The van der Waals surface area contributed by atoms with Crippen LogP contribution in [0.25, 0.3) is 0 Å². The SMILES string of the molecule is CC/C(CC(Cl)(Cl)Cl)=N/N=C(\C)CC(Cl)(Cl)Cl. The van der Waals surface area contributed by atoms with Gasteiger partial charge in [0.1, 0.15) is 0 Å². The molecule has 8 heteroatoms. The van der Waals surface area contributed by atoms with E-state index in [0.717, 1.165) is 0 Å². The van der Waals surface area contributed by atoms with Gasteiger partial charge in [-0.15, -0.1) is 0 Å². The third-order valence-corrected chi connectivity index (χ3v) is 2.43. The van der Waals surface area contributed by atoms with Gasteiger partial charge in [-0.25, -0.2) is 0 Å². The average molecular weight is 361 g/mol. The van der Waals surface area contributed by atoms with Gasteiger partial charge in [0, 0.05) is 24.3 Å². The minimum absolute atomic E-state index is 0.200. The smallest absolute Gasteiger partial charge is 0.160 e. The van der Waals surface area contributed by atoms with Gasteiger partial charge in [0.25, 0.3) is 0 Å². The number of nitrogens with zero attached hydrogens (tertiary/aromatic N) is 2. The molecule has 0 N–H and O–H groups in total. The molecule has 0 saturated heterocycles. The lowest BCUT2D eigenvalue weighted by Gasteiger charge is -2.11. The van der Waals surface area contributed by atoms with Gasteiger partial charge in [0.15, 0.2) is 7.59 Å². The van der Waals surface area contributed by atoms with Crippen LogP contribution in [0.1, 0.15) is 33.1 Å². The number of rotatable bonds is 4. The molecule has 0 aliphatic rings. The van der Waals surface area contributed by atoms with Gasteiger partial charge in [0.2, 0.25) is 0 Å². The van der Waals surface area contributed by atoms with E-state index < -0.39 is 7.59 Å². The molecule has 0 aromatic rings. The Morgan fingerprint density at radius 2 is 1.35 bits per heavy atom. The molecule has 100 valence electrons. The van der Waals surface area contributed by atoms with Crippen LogP contribution in [0.15, 0.2) is 10.2 Å². The summed E-state index contributed by atoms with van der Waals surface area (Å²) >= 11 is 33.9. The molecule has 2 nitrogen and oxygen atoms in total. The molecule has 0 spiro atoms. The van der Waals surface area contributed by atoms with Crippen LogP contribution in [-0.2, 0) is 0 Å². The summed E-state index contributed by atoms with van der Waals surface area (Å²) in [6.45, 7) is 3.61. The molecule has 0 heterocycles. The van der Waals surface area contributed by atoms with Crippen LogP contribution in [0.3, 0.4) is 0 Å². The summed E-state index contributed by atoms with van der Waals surface area (Å²) in [5, 5.41) is 7.93. The van der Waals surface area contributed by atoms with Crippen molar-refractivity contribution in [1.29, 1.82) is 0 Å². The highest BCUT2D eigenvalue weighted by Gasteiger charge is 2.22.